The standard InChI is InChI=1S/C12H16N2S/c1-4-9(13-3)12-14-10-6-5-8(2)7-11(10)15-12/h5-7,9,13H,4H2,1-3H3. The van der Waals surface area contributed by atoms with E-state index in [9.17, 15) is 0 Å². The van der Waals surface area contributed by atoms with Gasteiger partial charge in [0.05, 0.1) is 16.3 Å². The van der Waals surface area contributed by atoms with Crippen LogP contribution in [0.5, 0.6) is 0 Å². The lowest BCUT2D eigenvalue weighted by Gasteiger charge is -2.08. The van der Waals surface area contributed by atoms with Gasteiger partial charge in [-0.1, -0.05) is 13.0 Å². The number of aryl methyl sites for hydroxylation is 1. The molecule has 0 fully saturated rings. The van der Waals surface area contributed by atoms with E-state index in [-0.39, 0.29) is 0 Å². The van der Waals surface area contributed by atoms with Crippen molar-refractivity contribution in [3.05, 3.63) is 28.8 Å². The average Bonchev–Trinajstić information content (AvgIpc) is 2.62. The van der Waals surface area contributed by atoms with Gasteiger partial charge in [0.2, 0.25) is 0 Å². The molecule has 0 aliphatic carbocycles. The molecule has 80 valence electrons. The third-order valence-electron chi connectivity index (χ3n) is 2.62. The molecule has 1 unspecified atom stereocenters. The van der Waals surface area contributed by atoms with Crippen LogP contribution in [0.25, 0.3) is 10.2 Å². The van der Waals surface area contributed by atoms with Gasteiger partial charge in [-0.05, 0) is 38.1 Å². The van der Waals surface area contributed by atoms with Crippen LogP contribution < -0.4 is 5.32 Å². The molecule has 1 heterocycles. The van der Waals surface area contributed by atoms with Gasteiger partial charge in [-0.25, -0.2) is 4.98 Å². The van der Waals surface area contributed by atoms with Gasteiger partial charge in [-0.3, -0.25) is 0 Å². The number of thiazole rings is 1. The Morgan fingerprint density at radius 3 is 2.93 bits per heavy atom. The summed E-state index contributed by atoms with van der Waals surface area (Å²) in [5, 5.41) is 4.49. The van der Waals surface area contributed by atoms with E-state index in [1.165, 1.54) is 15.3 Å². The molecule has 1 aromatic carbocycles. The summed E-state index contributed by atoms with van der Waals surface area (Å²) >= 11 is 1.80. The lowest BCUT2D eigenvalue weighted by molar-refractivity contribution is 0.574. The van der Waals surface area contributed by atoms with Crippen LogP contribution in [0.1, 0.15) is 30.0 Å². The van der Waals surface area contributed by atoms with Crippen molar-refractivity contribution >= 4 is 21.6 Å². The Labute approximate surface area is 94.3 Å². The highest BCUT2D eigenvalue weighted by atomic mass is 32.1. The zero-order chi connectivity index (χ0) is 10.8. The van der Waals surface area contributed by atoms with Gasteiger partial charge in [-0.15, -0.1) is 11.3 Å². The molecule has 15 heavy (non-hydrogen) atoms. The van der Waals surface area contributed by atoms with E-state index in [0.717, 1.165) is 11.9 Å². The van der Waals surface area contributed by atoms with Crippen molar-refractivity contribution in [2.75, 3.05) is 7.05 Å². The van der Waals surface area contributed by atoms with E-state index >= 15 is 0 Å². The van der Waals surface area contributed by atoms with Gasteiger partial charge in [0.15, 0.2) is 0 Å². The van der Waals surface area contributed by atoms with Crippen LogP contribution in [0.2, 0.25) is 0 Å². The average molecular weight is 220 g/mol. The summed E-state index contributed by atoms with van der Waals surface area (Å²) in [5.74, 6) is 0. The summed E-state index contributed by atoms with van der Waals surface area (Å²) < 4.78 is 1.29. The summed E-state index contributed by atoms with van der Waals surface area (Å²) in [7, 11) is 1.99. The molecule has 0 saturated heterocycles. The molecule has 2 rings (SSSR count). The summed E-state index contributed by atoms with van der Waals surface area (Å²) in [5.41, 5.74) is 2.42. The smallest absolute Gasteiger partial charge is 0.111 e. The van der Waals surface area contributed by atoms with Gasteiger partial charge >= 0.3 is 0 Å². The van der Waals surface area contributed by atoms with E-state index in [0.29, 0.717) is 6.04 Å². The second kappa shape index (κ2) is 4.29. The maximum atomic E-state index is 4.65. The quantitative estimate of drug-likeness (QED) is 0.858. The third-order valence-corrected chi connectivity index (χ3v) is 3.75. The SMILES string of the molecule is CCC(NC)c1nc2ccc(C)cc2s1. The first-order valence-electron chi connectivity index (χ1n) is 5.29. The van der Waals surface area contributed by atoms with Crippen LogP contribution in [0, 0.1) is 6.92 Å². The van der Waals surface area contributed by atoms with E-state index in [1.807, 2.05) is 7.05 Å². The maximum absolute atomic E-state index is 4.65. The molecule has 0 spiro atoms. The fourth-order valence-corrected chi connectivity index (χ4v) is 2.96. The van der Waals surface area contributed by atoms with Crippen molar-refractivity contribution in [3.8, 4) is 0 Å². The van der Waals surface area contributed by atoms with Gasteiger partial charge in [0.25, 0.3) is 0 Å². The minimum Gasteiger partial charge on any atom is -0.311 e. The van der Waals surface area contributed by atoms with Crippen molar-refractivity contribution in [1.82, 2.24) is 10.3 Å². The van der Waals surface area contributed by atoms with Crippen LogP contribution in [-0.4, -0.2) is 12.0 Å². The minimum absolute atomic E-state index is 0.391. The van der Waals surface area contributed by atoms with Crippen LogP contribution in [0.4, 0.5) is 0 Å². The Balaban J connectivity index is 2.46. The number of hydrogen-bond donors (Lipinski definition) is 1. The van der Waals surface area contributed by atoms with Crippen molar-refractivity contribution in [1.29, 1.82) is 0 Å². The fraction of sp³-hybridized carbons (Fsp3) is 0.417. The molecule has 0 aliphatic heterocycles. The highest BCUT2D eigenvalue weighted by molar-refractivity contribution is 7.18. The number of rotatable bonds is 3. The number of benzene rings is 1. The van der Waals surface area contributed by atoms with E-state index < -0.39 is 0 Å². The van der Waals surface area contributed by atoms with Gasteiger partial charge in [-0.2, -0.15) is 0 Å². The normalized spacial score (nSPS) is 13.3. The molecule has 0 amide bonds. The van der Waals surface area contributed by atoms with Crippen LogP contribution in [0.15, 0.2) is 18.2 Å². The largest absolute Gasteiger partial charge is 0.311 e. The maximum Gasteiger partial charge on any atom is 0.111 e. The molecule has 0 aliphatic rings. The van der Waals surface area contributed by atoms with E-state index in [2.05, 4.69) is 42.3 Å². The first kappa shape index (κ1) is 10.6. The summed E-state index contributed by atoms with van der Waals surface area (Å²) in [6.45, 7) is 4.30. The van der Waals surface area contributed by atoms with Crippen molar-refractivity contribution in [3.63, 3.8) is 0 Å². The third kappa shape index (κ3) is 2.03. The predicted molar refractivity (Wildman–Crippen MR) is 66.4 cm³/mol. The van der Waals surface area contributed by atoms with Crippen LogP contribution >= 0.6 is 11.3 Å². The molecule has 0 radical (unpaired) electrons. The Bertz CT molecular complexity index is 458. The monoisotopic (exact) mass is 220 g/mol. The lowest BCUT2D eigenvalue weighted by Crippen LogP contribution is -2.14. The second-order valence-corrected chi connectivity index (χ2v) is 4.84. The zero-order valence-electron chi connectivity index (χ0n) is 9.37. The number of nitrogens with one attached hydrogen (secondary N) is 1. The predicted octanol–water partition coefficient (Wildman–Crippen LogP) is 3.28. The number of aromatic nitrogens is 1. The number of nitrogens with zero attached hydrogens (tertiary/aromatic N) is 1. The molecule has 2 nitrogen and oxygen atoms in total. The Kier molecular flexibility index (Phi) is 3.03. The lowest BCUT2D eigenvalue weighted by atomic mass is 10.2. The Morgan fingerprint density at radius 2 is 2.27 bits per heavy atom. The van der Waals surface area contributed by atoms with Gasteiger partial charge in [0.1, 0.15) is 5.01 Å². The van der Waals surface area contributed by atoms with E-state index in [1.54, 1.807) is 11.3 Å². The second-order valence-electron chi connectivity index (χ2n) is 3.77. The van der Waals surface area contributed by atoms with Gasteiger partial charge < -0.3 is 5.32 Å². The Hall–Kier alpha value is -0.930. The molecule has 1 aromatic heterocycles. The number of fused-ring (bicyclic) bond motifs is 1. The number of hydrogen-bond acceptors (Lipinski definition) is 3. The highest BCUT2D eigenvalue weighted by Gasteiger charge is 2.11. The molecule has 0 saturated carbocycles. The molecular formula is C12H16N2S. The van der Waals surface area contributed by atoms with Gasteiger partial charge in [0, 0.05) is 0 Å². The first-order chi connectivity index (χ1) is 7.24. The zero-order valence-corrected chi connectivity index (χ0v) is 10.2. The first-order valence-corrected chi connectivity index (χ1v) is 6.10. The van der Waals surface area contributed by atoms with Crippen molar-refractivity contribution < 1.29 is 0 Å². The van der Waals surface area contributed by atoms with Crippen LogP contribution in [-0.2, 0) is 0 Å². The highest BCUT2D eigenvalue weighted by Crippen LogP contribution is 2.28. The molecule has 0 bridgehead atoms. The minimum atomic E-state index is 0.391. The van der Waals surface area contributed by atoms with Crippen LogP contribution in [0.3, 0.4) is 0 Å². The molecule has 1 atom stereocenters. The van der Waals surface area contributed by atoms with E-state index in [4.69, 9.17) is 0 Å². The summed E-state index contributed by atoms with van der Waals surface area (Å²) in [6, 6.07) is 6.82. The molecule has 2 aromatic rings. The summed E-state index contributed by atoms with van der Waals surface area (Å²) in [6.07, 6.45) is 1.08. The summed E-state index contributed by atoms with van der Waals surface area (Å²) in [4.78, 5) is 4.65. The molecule has 3 heteroatoms. The van der Waals surface area contributed by atoms with Crippen molar-refractivity contribution in [2.45, 2.75) is 26.3 Å². The molecule has 1 N–H and O–H groups in total. The van der Waals surface area contributed by atoms with Crippen molar-refractivity contribution in [2.24, 2.45) is 0 Å². The fourth-order valence-electron chi connectivity index (χ4n) is 1.70. The molecular weight excluding hydrogens is 204 g/mol. The Morgan fingerprint density at radius 1 is 1.47 bits per heavy atom. The topological polar surface area (TPSA) is 24.9 Å².